The highest BCUT2D eigenvalue weighted by molar-refractivity contribution is 5.25. The molecule has 1 heterocycles. The summed E-state index contributed by atoms with van der Waals surface area (Å²) >= 11 is 0. The fraction of sp³-hybridized carbons (Fsp3) is 0.467. The molecule has 1 aromatic carbocycles. The van der Waals surface area contributed by atoms with E-state index in [0.29, 0.717) is 6.04 Å². The zero-order valence-electron chi connectivity index (χ0n) is 9.95. The summed E-state index contributed by atoms with van der Waals surface area (Å²) in [5.41, 5.74) is 2.80. The Labute approximate surface area is 98.5 Å². The molecule has 1 saturated heterocycles. The van der Waals surface area contributed by atoms with Gasteiger partial charge in [0.05, 0.1) is 0 Å². The maximum Gasteiger partial charge on any atom is 0.0349 e. The van der Waals surface area contributed by atoms with Crippen molar-refractivity contribution >= 4 is 0 Å². The average Bonchev–Trinajstić information content (AvgIpc) is 2.74. The van der Waals surface area contributed by atoms with Crippen molar-refractivity contribution in [2.24, 2.45) is 0 Å². The van der Waals surface area contributed by atoms with E-state index in [1.165, 1.54) is 30.5 Å². The van der Waals surface area contributed by atoms with Gasteiger partial charge in [0.1, 0.15) is 0 Å². The van der Waals surface area contributed by atoms with Crippen LogP contribution in [0.1, 0.15) is 36.4 Å². The first-order valence-corrected chi connectivity index (χ1v) is 6.05. The molecule has 1 aromatic rings. The minimum atomic E-state index is 0.591. The van der Waals surface area contributed by atoms with Crippen LogP contribution in [0, 0.1) is 19.3 Å². The van der Waals surface area contributed by atoms with Gasteiger partial charge >= 0.3 is 0 Å². The summed E-state index contributed by atoms with van der Waals surface area (Å²) in [6, 6.07) is 9.45. The van der Waals surface area contributed by atoms with Crippen molar-refractivity contribution in [1.82, 2.24) is 4.90 Å². The van der Waals surface area contributed by atoms with Crippen LogP contribution in [-0.2, 0) is 0 Å². The van der Waals surface area contributed by atoms with E-state index in [2.05, 4.69) is 42.0 Å². The van der Waals surface area contributed by atoms with Crippen LogP contribution in [-0.4, -0.2) is 18.0 Å². The zero-order chi connectivity index (χ0) is 11.4. The second-order valence-electron chi connectivity index (χ2n) is 4.56. The molecule has 84 valence electrons. The molecule has 16 heavy (non-hydrogen) atoms. The summed E-state index contributed by atoms with van der Waals surface area (Å²) in [6.07, 6.45) is 8.77. The van der Waals surface area contributed by atoms with E-state index >= 15 is 0 Å². The molecule has 1 heteroatoms. The predicted molar refractivity (Wildman–Crippen MR) is 68.2 cm³/mol. The molecule has 0 aromatic heterocycles. The Morgan fingerprint density at radius 1 is 1.50 bits per heavy atom. The summed E-state index contributed by atoms with van der Waals surface area (Å²) < 4.78 is 0. The first-order chi connectivity index (χ1) is 7.81. The van der Waals surface area contributed by atoms with Crippen molar-refractivity contribution < 1.29 is 0 Å². The molecule has 0 spiro atoms. The fourth-order valence-electron chi connectivity index (χ4n) is 2.56. The minimum absolute atomic E-state index is 0.591. The summed E-state index contributed by atoms with van der Waals surface area (Å²) in [5.74, 6) is 2.74. The van der Waals surface area contributed by atoms with Gasteiger partial charge in [-0.3, -0.25) is 4.90 Å². The van der Waals surface area contributed by atoms with Gasteiger partial charge in [-0.1, -0.05) is 29.8 Å². The molecule has 1 unspecified atom stereocenters. The quantitative estimate of drug-likeness (QED) is 0.697. The Hall–Kier alpha value is -1.26. The second-order valence-corrected chi connectivity index (χ2v) is 4.56. The Morgan fingerprint density at radius 3 is 3.12 bits per heavy atom. The Balaban J connectivity index is 2.11. The van der Waals surface area contributed by atoms with Crippen molar-refractivity contribution in [2.75, 3.05) is 13.1 Å². The molecular weight excluding hydrogens is 194 g/mol. The molecule has 0 amide bonds. The molecule has 1 aliphatic heterocycles. The largest absolute Gasteiger partial charge is 0.295 e. The minimum Gasteiger partial charge on any atom is -0.295 e. The van der Waals surface area contributed by atoms with Crippen molar-refractivity contribution in [3.8, 4) is 12.3 Å². The molecule has 0 N–H and O–H groups in total. The summed E-state index contributed by atoms with van der Waals surface area (Å²) in [6.45, 7) is 4.39. The summed E-state index contributed by atoms with van der Waals surface area (Å²) in [4.78, 5) is 2.52. The van der Waals surface area contributed by atoms with Crippen LogP contribution in [0.5, 0.6) is 0 Å². The van der Waals surface area contributed by atoms with Crippen LogP contribution in [0.4, 0.5) is 0 Å². The number of nitrogens with zero attached hydrogens (tertiary/aromatic N) is 1. The highest BCUT2D eigenvalue weighted by atomic mass is 15.2. The van der Waals surface area contributed by atoms with Crippen molar-refractivity contribution in [3.63, 3.8) is 0 Å². The molecular formula is C15H19N. The number of rotatable bonds is 3. The first kappa shape index (κ1) is 11.2. The Morgan fingerprint density at radius 2 is 2.38 bits per heavy atom. The Kier molecular flexibility index (Phi) is 3.64. The van der Waals surface area contributed by atoms with Gasteiger partial charge in [0.25, 0.3) is 0 Å². The van der Waals surface area contributed by atoms with Crippen molar-refractivity contribution in [3.05, 3.63) is 35.4 Å². The molecule has 1 nitrogen and oxygen atoms in total. The van der Waals surface area contributed by atoms with Crippen LogP contribution in [0.2, 0.25) is 0 Å². The van der Waals surface area contributed by atoms with E-state index in [-0.39, 0.29) is 0 Å². The van der Waals surface area contributed by atoms with E-state index in [1.54, 1.807) is 0 Å². The van der Waals surface area contributed by atoms with Gasteiger partial charge in [0.15, 0.2) is 0 Å². The highest BCUT2D eigenvalue weighted by Gasteiger charge is 2.24. The van der Waals surface area contributed by atoms with Crippen molar-refractivity contribution in [1.29, 1.82) is 0 Å². The number of benzene rings is 1. The molecule has 1 aliphatic rings. The number of terminal acetylenes is 1. The average molecular weight is 213 g/mol. The lowest BCUT2D eigenvalue weighted by Gasteiger charge is -2.24. The third-order valence-corrected chi connectivity index (χ3v) is 3.33. The third-order valence-electron chi connectivity index (χ3n) is 3.33. The van der Waals surface area contributed by atoms with E-state index in [9.17, 15) is 0 Å². The summed E-state index contributed by atoms with van der Waals surface area (Å²) in [7, 11) is 0. The van der Waals surface area contributed by atoms with E-state index in [1.807, 2.05) is 0 Å². The van der Waals surface area contributed by atoms with Gasteiger partial charge in [0.2, 0.25) is 0 Å². The molecule has 0 aliphatic carbocycles. The van der Waals surface area contributed by atoms with Crippen LogP contribution < -0.4 is 0 Å². The van der Waals surface area contributed by atoms with Gasteiger partial charge in [0, 0.05) is 19.0 Å². The normalized spacial score (nSPS) is 20.9. The lowest BCUT2D eigenvalue weighted by molar-refractivity contribution is 0.263. The Bertz CT molecular complexity index is 389. The van der Waals surface area contributed by atoms with Crippen LogP contribution in [0.15, 0.2) is 24.3 Å². The molecule has 1 fully saturated rings. The maximum atomic E-state index is 5.34. The van der Waals surface area contributed by atoms with Gasteiger partial charge < -0.3 is 0 Å². The zero-order valence-corrected chi connectivity index (χ0v) is 9.95. The van der Waals surface area contributed by atoms with Gasteiger partial charge in [-0.05, 0) is 31.9 Å². The number of hydrogen-bond acceptors (Lipinski definition) is 1. The standard InChI is InChI=1S/C15H19N/c1-3-4-10-16-11-6-9-15(16)14-8-5-7-13(2)12-14/h1,5,7-8,12,15H,4,6,9-11H2,2H3. The number of aryl methyl sites for hydroxylation is 1. The molecule has 0 saturated carbocycles. The van der Waals surface area contributed by atoms with Gasteiger partial charge in [-0.25, -0.2) is 0 Å². The van der Waals surface area contributed by atoms with Crippen molar-refractivity contribution in [2.45, 2.75) is 32.2 Å². The SMILES string of the molecule is C#CCCN1CCCC1c1cccc(C)c1. The highest BCUT2D eigenvalue weighted by Crippen LogP contribution is 2.31. The van der Waals surface area contributed by atoms with Crippen LogP contribution >= 0.6 is 0 Å². The topological polar surface area (TPSA) is 3.24 Å². The third kappa shape index (κ3) is 2.46. The maximum absolute atomic E-state index is 5.34. The van der Waals surface area contributed by atoms with Crippen LogP contribution in [0.25, 0.3) is 0 Å². The summed E-state index contributed by atoms with van der Waals surface area (Å²) in [5, 5.41) is 0. The molecule has 0 radical (unpaired) electrons. The lowest BCUT2D eigenvalue weighted by Crippen LogP contribution is -2.24. The molecule has 0 bridgehead atoms. The number of likely N-dealkylation sites (tertiary alicyclic amines) is 1. The number of hydrogen-bond donors (Lipinski definition) is 0. The smallest absolute Gasteiger partial charge is 0.0349 e. The lowest BCUT2D eigenvalue weighted by atomic mass is 10.0. The second kappa shape index (κ2) is 5.18. The monoisotopic (exact) mass is 213 g/mol. The first-order valence-electron chi connectivity index (χ1n) is 6.05. The fourth-order valence-corrected chi connectivity index (χ4v) is 2.56. The van der Waals surface area contributed by atoms with E-state index in [0.717, 1.165) is 13.0 Å². The van der Waals surface area contributed by atoms with Crippen LogP contribution in [0.3, 0.4) is 0 Å². The molecule has 1 atom stereocenters. The van der Waals surface area contributed by atoms with Gasteiger partial charge in [-0.2, -0.15) is 0 Å². The predicted octanol–water partition coefficient (Wildman–Crippen LogP) is 3.16. The van der Waals surface area contributed by atoms with E-state index in [4.69, 9.17) is 6.42 Å². The molecule has 2 rings (SSSR count). The van der Waals surface area contributed by atoms with Gasteiger partial charge in [-0.15, -0.1) is 12.3 Å². The van der Waals surface area contributed by atoms with E-state index < -0.39 is 0 Å².